The number of nitrogens with one attached hydrogen (secondary N) is 2. The minimum atomic E-state index is -0.888. The van der Waals surface area contributed by atoms with Gasteiger partial charge in [0.25, 0.3) is 0 Å². The van der Waals surface area contributed by atoms with Gasteiger partial charge in [-0.05, 0) is 48.4 Å². The quantitative estimate of drug-likeness (QED) is 0.337. The molecule has 0 aliphatic heterocycles. The number of carbonyl (C=O) groups excluding carboxylic acids is 2. The Morgan fingerprint density at radius 1 is 1.12 bits per heavy atom. The number of carbonyl (C=O) groups is 2. The van der Waals surface area contributed by atoms with E-state index in [0.29, 0.717) is 17.3 Å². The largest absolute Gasteiger partial charge is 0.494 e. The summed E-state index contributed by atoms with van der Waals surface area (Å²) in [6.07, 6.45) is 3.52. The predicted molar refractivity (Wildman–Crippen MR) is 103 cm³/mol. The minimum absolute atomic E-state index is 0.346. The zero-order valence-corrected chi connectivity index (χ0v) is 15.1. The van der Waals surface area contributed by atoms with Crippen molar-refractivity contribution >= 4 is 35.3 Å². The molecule has 0 saturated carbocycles. The summed E-state index contributed by atoms with van der Waals surface area (Å²) in [5.74, 6) is -0.964. The summed E-state index contributed by atoms with van der Waals surface area (Å²) in [6.45, 7) is 2.78. The molecule has 2 N–H and O–H groups in total. The highest BCUT2D eigenvalue weighted by Crippen LogP contribution is 2.20. The van der Waals surface area contributed by atoms with E-state index in [1.165, 1.54) is 6.21 Å². The first-order chi connectivity index (χ1) is 12.6. The molecule has 0 unspecified atom stereocenters. The maximum atomic E-state index is 11.8. The Labute approximate surface area is 157 Å². The Morgan fingerprint density at radius 2 is 1.85 bits per heavy atom. The Morgan fingerprint density at radius 3 is 2.54 bits per heavy atom. The summed E-state index contributed by atoms with van der Waals surface area (Å²) in [6, 6.07) is 13.9. The number of amides is 2. The van der Waals surface area contributed by atoms with Gasteiger partial charge in [0.05, 0.1) is 23.5 Å². The van der Waals surface area contributed by atoms with E-state index in [-0.39, 0.29) is 0 Å². The Balaban J connectivity index is 1.82. The van der Waals surface area contributed by atoms with Gasteiger partial charge in [-0.2, -0.15) is 5.10 Å². The fourth-order valence-corrected chi connectivity index (χ4v) is 2.13. The maximum Gasteiger partial charge on any atom is 0.329 e. The summed E-state index contributed by atoms with van der Waals surface area (Å²) >= 11 is 5.92. The average molecular weight is 374 g/mol. The number of para-hydroxylation sites is 1. The third-order valence-electron chi connectivity index (χ3n) is 3.35. The molecular formula is C19H20ClN3O3. The molecule has 136 valence electrons. The zero-order chi connectivity index (χ0) is 18.8. The van der Waals surface area contributed by atoms with Crippen molar-refractivity contribution in [3.8, 4) is 5.75 Å². The SMILES string of the molecule is CCCCOc1ccc(/C=N/NC(=O)C(=O)Nc2ccccc2Cl)cc1. The standard InChI is InChI=1S/C19H20ClN3O3/c1-2-3-12-26-15-10-8-14(9-11-15)13-21-23-19(25)18(24)22-17-7-5-4-6-16(17)20/h4-11,13H,2-3,12H2,1H3,(H,22,24)(H,23,25)/b21-13+. The van der Waals surface area contributed by atoms with E-state index in [0.717, 1.165) is 24.2 Å². The molecule has 0 fully saturated rings. The number of nitrogens with zero attached hydrogens (tertiary/aromatic N) is 1. The second-order valence-electron chi connectivity index (χ2n) is 5.40. The molecule has 0 bridgehead atoms. The number of halogens is 1. The molecule has 0 aromatic heterocycles. The van der Waals surface area contributed by atoms with E-state index in [4.69, 9.17) is 16.3 Å². The van der Waals surface area contributed by atoms with Crippen LogP contribution in [-0.2, 0) is 9.59 Å². The van der Waals surface area contributed by atoms with E-state index < -0.39 is 11.8 Å². The van der Waals surface area contributed by atoms with E-state index in [1.807, 2.05) is 12.1 Å². The van der Waals surface area contributed by atoms with Crippen molar-refractivity contribution in [2.24, 2.45) is 5.10 Å². The molecule has 0 aliphatic carbocycles. The fraction of sp³-hybridized carbons (Fsp3) is 0.211. The van der Waals surface area contributed by atoms with Gasteiger partial charge in [0, 0.05) is 0 Å². The van der Waals surface area contributed by atoms with Gasteiger partial charge in [-0.15, -0.1) is 0 Å². The van der Waals surface area contributed by atoms with Gasteiger partial charge in [-0.3, -0.25) is 9.59 Å². The Kier molecular flexibility index (Phi) is 7.64. The van der Waals surface area contributed by atoms with Crippen molar-refractivity contribution < 1.29 is 14.3 Å². The highest BCUT2D eigenvalue weighted by Gasteiger charge is 2.13. The summed E-state index contributed by atoms with van der Waals surface area (Å²) in [7, 11) is 0. The normalized spacial score (nSPS) is 10.5. The summed E-state index contributed by atoms with van der Waals surface area (Å²) in [5.41, 5.74) is 3.29. The molecule has 0 heterocycles. The van der Waals surface area contributed by atoms with Crippen molar-refractivity contribution in [2.75, 3.05) is 11.9 Å². The Hall–Kier alpha value is -2.86. The molecule has 0 spiro atoms. The lowest BCUT2D eigenvalue weighted by molar-refractivity contribution is -0.136. The first-order valence-corrected chi connectivity index (χ1v) is 8.59. The van der Waals surface area contributed by atoms with Gasteiger partial charge in [-0.1, -0.05) is 37.1 Å². The Bertz CT molecular complexity index is 776. The first kappa shape index (κ1) is 19.5. The van der Waals surface area contributed by atoms with Crippen LogP contribution in [-0.4, -0.2) is 24.6 Å². The maximum absolute atomic E-state index is 11.8. The highest BCUT2D eigenvalue weighted by atomic mass is 35.5. The summed E-state index contributed by atoms with van der Waals surface area (Å²) in [4.78, 5) is 23.6. The summed E-state index contributed by atoms with van der Waals surface area (Å²) < 4.78 is 5.56. The molecule has 0 saturated heterocycles. The smallest absolute Gasteiger partial charge is 0.329 e. The van der Waals surface area contributed by atoms with E-state index in [2.05, 4.69) is 22.8 Å². The van der Waals surface area contributed by atoms with Crippen molar-refractivity contribution in [3.05, 3.63) is 59.1 Å². The van der Waals surface area contributed by atoms with Crippen LogP contribution in [0.5, 0.6) is 5.75 Å². The lowest BCUT2D eigenvalue weighted by Gasteiger charge is -2.05. The molecule has 6 nitrogen and oxygen atoms in total. The second kappa shape index (κ2) is 10.2. The third kappa shape index (κ3) is 6.22. The van der Waals surface area contributed by atoms with Gasteiger partial charge in [-0.25, -0.2) is 5.43 Å². The predicted octanol–water partition coefficient (Wildman–Crippen LogP) is 3.61. The van der Waals surface area contributed by atoms with Crippen LogP contribution in [0.3, 0.4) is 0 Å². The number of anilines is 1. The molecule has 2 aromatic rings. The van der Waals surface area contributed by atoms with Crippen LogP contribution in [0.1, 0.15) is 25.3 Å². The topological polar surface area (TPSA) is 79.8 Å². The molecule has 0 radical (unpaired) electrons. The zero-order valence-electron chi connectivity index (χ0n) is 14.4. The average Bonchev–Trinajstić information content (AvgIpc) is 2.65. The number of hydrogen-bond acceptors (Lipinski definition) is 4. The van der Waals surface area contributed by atoms with Crippen LogP contribution in [0, 0.1) is 0 Å². The van der Waals surface area contributed by atoms with Crippen molar-refractivity contribution in [1.82, 2.24) is 5.43 Å². The molecule has 2 rings (SSSR count). The van der Waals surface area contributed by atoms with Gasteiger partial charge in [0.15, 0.2) is 0 Å². The van der Waals surface area contributed by atoms with Crippen LogP contribution >= 0.6 is 11.6 Å². The van der Waals surface area contributed by atoms with E-state index in [1.54, 1.807) is 36.4 Å². The van der Waals surface area contributed by atoms with E-state index >= 15 is 0 Å². The highest BCUT2D eigenvalue weighted by molar-refractivity contribution is 6.41. The monoisotopic (exact) mass is 373 g/mol. The molecule has 2 aromatic carbocycles. The fourth-order valence-electron chi connectivity index (χ4n) is 1.94. The number of benzene rings is 2. The van der Waals surface area contributed by atoms with Crippen LogP contribution in [0.15, 0.2) is 53.6 Å². The number of hydrogen-bond donors (Lipinski definition) is 2. The van der Waals surface area contributed by atoms with Gasteiger partial charge in [0.2, 0.25) is 0 Å². The van der Waals surface area contributed by atoms with Gasteiger partial charge < -0.3 is 10.1 Å². The number of hydrazone groups is 1. The molecule has 26 heavy (non-hydrogen) atoms. The van der Waals surface area contributed by atoms with Crippen LogP contribution in [0.2, 0.25) is 5.02 Å². The first-order valence-electron chi connectivity index (χ1n) is 8.22. The lowest BCUT2D eigenvalue weighted by Crippen LogP contribution is -2.32. The molecule has 2 amide bonds. The van der Waals surface area contributed by atoms with Crippen LogP contribution in [0.25, 0.3) is 0 Å². The van der Waals surface area contributed by atoms with Crippen molar-refractivity contribution in [2.45, 2.75) is 19.8 Å². The number of rotatable bonds is 7. The molecular weight excluding hydrogens is 354 g/mol. The lowest BCUT2D eigenvalue weighted by atomic mass is 10.2. The summed E-state index contributed by atoms with van der Waals surface area (Å²) in [5, 5.41) is 6.54. The molecule has 0 aliphatic rings. The number of ether oxygens (including phenoxy) is 1. The number of unbranched alkanes of at least 4 members (excludes halogenated alkanes) is 1. The second-order valence-corrected chi connectivity index (χ2v) is 5.81. The third-order valence-corrected chi connectivity index (χ3v) is 3.68. The minimum Gasteiger partial charge on any atom is -0.494 e. The van der Waals surface area contributed by atoms with Crippen molar-refractivity contribution in [3.63, 3.8) is 0 Å². The van der Waals surface area contributed by atoms with Gasteiger partial charge >= 0.3 is 11.8 Å². The van der Waals surface area contributed by atoms with E-state index in [9.17, 15) is 9.59 Å². The molecule has 0 atom stereocenters. The van der Waals surface area contributed by atoms with Crippen LogP contribution in [0.4, 0.5) is 5.69 Å². The van der Waals surface area contributed by atoms with Crippen LogP contribution < -0.4 is 15.5 Å². The molecule has 7 heteroatoms. The van der Waals surface area contributed by atoms with Gasteiger partial charge in [0.1, 0.15) is 5.75 Å². The van der Waals surface area contributed by atoms with Crippen molar-refractivity contribution in [1.29, 1.82) is 0 Å².